The van der Waals surface area contributed by atoms with E-state index in [0.717, 1.165) is 6.42 Å². The van der Waals surface area contributed by atoms with Crippen LogP contribution in [0.1, 0.15) is 58.3 Å². The highest BCUT2D eigenvalue weighted by molar-refractivity contribution is 8.22. The summed E-state index contributed by atoms with van der Waals surface area (Å²) in [5, 5.41) is 0. The van der Waals surface area contributed by atoms with Crippen molar-refractivity contribution in [2.45, 2.75) is 58.3 Å². The molecule has 2 heteroatoms. The topological polar surface area (TPSA) is 0 Å². The first kappa shape index (κ1) is 13.4. The molecule has 0 spiro atoms. The lowest BCUT2D eigenvalue weighted by Gasteiger charge is -2.00. The van der Waals surface area contributed by atoms with Crippen molar-refractivity contribution < 1.29 is 0 Å². The van der Waals surface area contributed by atoms with Crippen LogP contribution in [0.2, 0.25) is 0 Å². The third-order valence-electron chi connectivity index (χ3n) is 2.21. The smallest absolute Gasteiger partial charge is 0.0475 e. The summed E-state index contributed by atoms with van der Waals surface area (Å²) in [6.07, 6.45) is 12.9. The van der Waals surface area contributed by atoms with Crippen molar-refractivity contribution >= 4 is 28.2 Å². The van der Waals surface area contributed by atoms with Crippen molar-refractivity contribution in [3.63, 3.8) is 0 Å². The third-order valence-corrected chi connectivity index (χ3v) is 3.58. The first-order valence-electron chi connectivity index (χ1n) is 5.38. The van der Waals surface area contributed by atoms with Gasteiger partial charge < -0.3 is 0 Å². The van der Waals surface area contributed by atoms with Crippen molar-refractivity contribution in [3.8, 4) is 0 Å². The predicted molar refractivity (Wildman–Crippen MR) is 68.7 cm³/mol. The van der Waals surface area contributed by atoms with E-state index >= 15 is 0 Å². The molecule has 0 fully saturated rings. The lowest BCUT2D eigenvalue weighted by molar-refractivity contribution is 0.596. The van der Waals surface area contributed by atoms with Gasteiger partial charge in [-0.25, -0.2) is 0 Å². The Hall–Kier alpha value is 0.440. The van der Waals surface area contributed by atoms with E-state index in [1.54, 1.807) is 11.8 Å². The minimum Gasteiger partial charge on any atom is -0.122 e. The molecule has 0 aliphatic rings. The Morgan fingerprint density at radius 1 is 1.00 bits per heavy atom. The maximum Gasteiger partial charge on any atom is 0.0475 e. The summed E-state index contributed by atoms with van der Waals surface area (Å²) < 4.78 is 1.17. The van der Waals surface area contributed by atoms with Gasteiger partial charge in [0.1, 0.15) is 0 Å². The standard InChI is InChI=1S/C11H22S2/c1-3-4-5-6-7-8-9-10-11(12)13-2/h3-10H2,1-2H3. The van der Waals surface area contributed by atoms with E-state index in [-0.39, 0.29) is 0 Å². The van der Waals surface area contributed by atoms with Crippen LogP contribution in [0.15, 0.2) is 0 Å². The van der Waals surface area contributed by atoms with Gasteiger partial charge in [-0.3, -0.25) is 0 Å². The van der Waals surface area contributed by atoms with E-state index in [1.165, 1.54) is 49.1 Å². The fourth-order valence-electron chi connectivity index (χ4n) is 1.33. The Labute approximate surface area is 92.9 Å². The minimum atomic E-state index is 1.14. The Bertz CT molecular complexity index is 121. The molecular weight excluding hydrogens is 196 g/mol. The van der Waals surface area contributed by atoms with Crippen LogP contribution < -0.4 is 0 Å². The van der Waals surface area contributed by atoms with Crippen LogP contribution in [0.4, 0.5) is 0 Å². The minimum absolute atomic E-state index is 1.14. The lowest BCUT2D eigenvalue weighted by Crippen LogP contribution is -1.87. The number of hydrogen-bond donors (Lipinski definition) is 0. The number of hydrogen-bond acceptors (Lipinski definition) is 2. The molecule has 0 bridgehead atoms. The molecule has 0 amide bonds. The molecule has 0 unspecified atom stereocenters. The summed E-state index contributed by atoms with van der Waals surface area (Å²) in [6, 6.07) is 0. The first-order chi connectivity index (χ1) is 6.31. The van der Waals surface area contributed by atoms with Crippen LogP contribution in [0.3, 0.4) is 0 Å². The van der Waals surface area contributed by atoms with Crippen molar-refractivity contribution in [1.29, 1.82) is 0 Å². The molecule has 0 aromatic rings. The van der Waals surface area contributed by atoms with Gasteiger partial charge in [-0.05, 0) is 19.1 Å². The normalized spacial score (nSPS) is 10.3. The number of thiocarbonyl (C=S) groups is 1. The molecule has 0 heterocycles. The largest absolute Gasteiger partial charge is 0.122 e. The summed E-state index contributed by atoms with van der Waals surface area (Å²) in [5.74, 6) is 0. The van der Waals surface area contributed by atoms with E-state index < -0.39 is 0 Å². The third kappa shape index (κ3) is 10.4. The van der Waals surface area contributed by atoms with E-state index in [4.69, 9.17) is 12.2 Å². The van der Waals surface area contributed by atoms with Crippen LogP contribution in [0.25, 0.3) is 0 Å². The maximum absolute atomic E-state index is 5.14. The molecule has 0 N–H and O–H groups in total. The first-order valence-corrected chi connectivity index (χ1v) is 7.01. The van der Waals surface area contributed by atoms with Gasteiger partial charge in [-0.2, -0.15) is 0 Å². The summed E-state index contributed by atoms with van der Waals surface area (Å²) in [5.41, 5.74) is 0. The zero-order chi connectivity index (χ0) is 9.94. The van der Waals surface area contributed by atoms with Gasteiger partial charge in [0, 0.05) is 4.20 Å². The van der Waals surface area contributed by atoms with Crippen molar-refractivity contribution in [1.82, 2.24) is 0 Å². The fourth-order valence-corrected chi connectivity index (χ4v) is 1.82. The zero-order valence-electron chi connectivity index (χ0n) is 8.97. The van der Waals surface area contributed by atoms with Crippen molar-refractivity contribution in [2.24, 2.45) is 0 Å². The second-order valence-corrected chi connectivity index (χ2v) is 5.10. The quantitative estimate of drug-likeness (QED) is 0.423. The molecular formula is C11H22S2. The van der Waals surface area contributed by atoms with E-state index in [2.05, 4.69) is 13.2 Å². The van der Waals surface area contributed by atoms with Crippen molar-refractivity contribution in [2.75, 3.05) is 6.26 Å². The predicted octanol–water partition coefficient (Wildman–Crippen LogP) is 4.82. The highest BCUT2D eigenvalue weighted by Crippen LogP contribution is 2.11. The van der Waals surface area contributed by atoms with E-state index in [1.807, 2.05) is 0 Å². The van der Waals surface area contributed by atoms with E-state index in [0.29, 0.717) is 0 Å². The molecule has 0 aliphatic carbocycles. The van der Waals surface area contributed by atoms with Crippen LogP contribution in [-0.2, 0) is 0 Å². The van der Waals surface area contributed by atoms with Gasteiger partial charge in [0.05, 0.1) is 0 Å². The molecule has 0 aromatic heterocycles. The van der Waals surface area contributed by atoms with Gasteiger partial charge in [0.25, 0.3) is 0 Å². The number of unbranched alkanes of at least 4 members (excludes halogenated alkanes) is 6. The van der Waals surface area contributed by atoms with Gasteiger partial charge in [0.15, 0.2) is 0 Å². The molecule has 0 saturated carbocycles. The fraction of sp³-hybridized carbons (Fsp3) is 0.909. The number of thioether (sulfide) groups is 1. The molecule has 0 nitrogen and oxygen atoms in total. The summed E-state index contributed by atoms with van der Waals surface area (Å²) in [7, 11) is 0. The average molecular weight is 218 g/mol. The molecule has 0 radical (unpaired) electrons. The second kappa shape index (κ2) is 10.5. The Balaban J connectivity index is 2.95. The highest BCUT2D eigenvalue weighted by atomic mass is 32.2. The molecule has 78 valence electrons. The van der Waals surface area contributed by atoms with Crippen LogP contribution in [0.5, 0.6) is 0 Å². The van der Waals surface area contributed by atoms with Gasteiger partial charge in [-0.15, -0.1) is 11.8 Å². The number of rotatable bonds is 8. The second-order valence-electron chi connectivity index (χ2n) is 3.45. The summed E-state index contributed by atoms with van der Waals surface area (Å²) in [6.45, 7) is 2.26. The molecule has 0 saturated heterocycles. The highest BCUT2D eigenvalue weighted by Gasteiger charge is 1.94. The molecule has 0 atom stereocenters. The van der Waals surface area contributed by atoms with E-state index in [9.17, 15) is 0 Å². The molecule has 0 rings (SSSR count). The van der Waals surface area contributed by atoms with Gasteiger partial charge in [-0.1, -0.05) is 57.7 Å². The summed E-state index contributed by atoms with van der Waals surface area (Å²) in [4.78, 5) is 0. The molecule has 13 heavy (non-hydrogen) atoms. The Kier molecular flexibility index (Phi) is 10.9. The monoisotopic (exact) mass is 218 g/mol. The van der Waals surface area contributed by atoms with Crippen LogP contribution in [0, 0.1) is 0 Å². The maximum atomic E-state index is 5.14. The molecule has 0 aliphatic heterocycles. The lowest BCUT2D eigenvalue weighted by atomic mass is 10.1. The van der Waals surface area contributed by atoms with Gasteiger partial charge >= 0.3 is 0 Å². The molecule has 0 aromatic carbocycles. The SMILES string of the molecule is CCCCCCCCCC(=S)SC. The van der Waals surface area contributed by atoms with Crippen LogP contribution in [-0.4, -0.2) is 10.5 Å². The summed E-state index contributed by atoms with van der Waals surface area (Å²) >= 11 is 6.87. The van der Waals surface area contributed by atoms with Gasteiger partial charge in [0.2, 0.25) is 0 Å². The average Bonchev–Trinajstić information content (AvgIpc) is 2.16. The Morgan fingerprint density at radius 2 is 1.54 bits per heavy atom. The van der Waals surface area contributed by atoms with Crippen LogP contribution >= 0.6 is 24.0 Å². The van der Waals surface area contributed by atoms with Crippen molar-refractivity contribution in [3.05, 3.63) is 0 Å². The Morgan fingerprint density at radius 3 is 2.08 bits per heavy atom. The zero-order valence-corrected chi connectivity index (χ0v) is 10.6.